The molecule has 6 heteroatoms. The molecule has 114 valence electrons. The molecule has 1 aromatic heterocycles. The van der Waals surface area contributed by atoms with Crippen LogP contribution in [0.5, 0.6) is 0 Å². The van der Waals surface area contributed by atoms with E-state index >= 15 is 0 Å². The van der Waals surface area contributed by atoms with Crippen molar-refractivity contribution in [3.63, 3.8) is 0 Å². The third-order valence-corrected chi connectivity index (χ3v) is 4.31. The molecule has 2 aliphatic rings. The Hall–Kier alpha value is -1.85. The monoisotopic (exact) mass is 289 g/mol. The molecule has 0 spiro atoms. The summed E-state index contributed by atoms with van der Waals surface area (Å²) in [5.41, 5.74) is 5.44. The van der Waals surface area contributed by atoms with Crippen molar-refractivity contribution < 1.29 is 4.79 Å². The largest absolute Gasteiger partial charge is 0.373 e. The van der Waals surface area contributed by atoms with E-state index in [9.17, 15) is 4.79 Å². The van der Waals surface area contributed by atoms with E-state index in [-0.39, 0.29) is 12.5 Å². The highest BCUT2D eigenvalue weighted by molar-refractivity contribution is 5.79. The Morgan fingerprint density at radius 2 is 2.05 bits per heavy atom. The first-order chi connectivity index (χ1) is 10.2. The van der Waals surface area contributed by atoms with Crippen molar-refractivity contribution >= 4 is 17.5 Å². The van der Waals surface area contributed by atoms with Gasteiger partial charge in [0.25, 0.3) is 0 Å². The molecule has 0 bridgehead atoms. The number of nitrogens with zero attached hydrogens (tertiary/aromatic N) is 3. The van der Waals surface area contributed by atoms with Gasteiger partial charge in [-0.2, -0.15) is 0 Å². The number of hydrogen-bond acceptors (Lipinski definition) is 5. The Morgan fingerprint density at radius 1 is 1.33 bits per heavy atom. The normalized spacial score (nSPS) is 18.7. The maximum absolute atomic E-state index is 11.4. The Bertz CT molecular complexity index is 523. The molecular formula is C15H23N5O. The quantitative estimate of drug-likeness (QED) is 0.831. The summed E-state index contributed by atoms with van der Waals surface area (Å²) in [5, 5.41) is 3.10. The van der Waals surface area contributed by atoms with Gasteiger partial charge in [0.1, 0.15) is 17.5 Å². The van der Waals surface area contributed by atoms with E-state index in [4.69, 9.17) is 10.7 Å². The molecule has 2 fully saturated rings. The summed E-state index contributed by atoms with van der Waals surface area (Å²) in [6.45, 7) is 0.231. The maximum atomic E-state index is 11.4. The number of aromatic nitrogens is 2. The van der Waals surface area contributed by atoms with E-state index in [1.165, 1.54) is 12.8 Å². The first-order valence-electron chi connectivity index (χ1n) is 7.79. The average Bonchev–Trinajstić information content (AvgIpc) is 3.20. The van der Waals surface area contributed by atoms with Crippen LogP contribution in [0.4, 0.5) is 11.6 Å². The second-order valence-electron chi connectivity index (χ2n) is 6.03. The van der Waals surface area contributed by atoms with Gasteiger partial charge >= 0.3 is 0 Å². The van der Waals surface area contributed by atoms with Crippen molar-refractivity contribution in [2.75, 3.05) is 23.8 Å². The Labute approximate surface area is 125 Å². The second kappa shape index (κ2) is 5.87. The van der Waals surface area contributed by atoms with E-state index in [0.29, 0.717) is 12.0 Å². The number of carbonyl (C=O) groups excluding carboxylic acids is 1. The predicted molar refractivity (Wildman–Crippen MR) is 82.4 cm³/mol. The molecule has 0 unspecified atom stereocenters. The lowest BCUT2D eigenvalue weighted by Gasteiger charge is -2.29. The number of rotatable bonds is 6. The highest BCUT2D eigenvalue weighted by Gasteiger charge is 2.30. The van der Waals surface area contributed by atoms with Crippen LogP contribution in [0, 0.1) is 0 Å². The molecule has 1 aromatic rings. The summed E-state index contributed by atoms with van der Waals surface area (Å²) in [7, 11) is 1.86. The highest BCUT2D eigenvalue weighted by Crippen LogP contribution is 2.39. The fraction of sp³-hybridized carbons (Fsp3) is 0.667. The molecule has 0 saturated heterocycles. The molecule has 1 amide bonds. The minimum Gasteiger partial charge on any atom is -0.373 e. The summed E-state index contributed by atoms with van der Waals surface area (Å²) < 4.78 is 0. The zero-order valence-corrected chi connectivity index (χ0v) is 12.5. The number of anilines is 2. The summed E-state index contributed by atoms with van der Waals surface area (Å²) in [6, 6.07) is 2.29. The number of primary amides is 1. The summed E-state index contributed by atoms with van der Waals surface area (Å²) in [6.07, 6.45) is 6.94. The first-order valence-corrected chi connectivity index (χ1v) is 7.79. The van der Waals surface area contributed by atoms with Crippen LogP contribution < -0.4 is 16.0 Å². The summed E-state index contributed by atoms with van der Waals surface area (Å²) in [5.74, 6) is 2.72. The standard InChI is InChI=1S/C15H23N5O/c1-17-13-8-14(19-15(18-13)10-6-7-10)20(9-12(16)21)11-4-2-3-5-11/h8,10-11H,2-7,9H2,1H3,(H2,16,21)(H,17,18,19). The molecule has 0 radical (unpaired) electrons. The third kappa shape index (κ3) is 3.25. The van der Waals surface area contributed by atoms with Crippen LogP contribution in [0.25, 0.3) is 0 Å². The van der Waals surface area contributed by atoms with Crippen LogP contribution in [-0.2, 0) is 4.79 Å². The second-order valence-corrected chi connectivity index (χ2v) is 6.03. The lowest BCUT2D eigenvalue weighted by molar-refractivity contribution is -0.116. The summed E-state index contributed by atoms with van der Waals surface area (Å²) >= 11 is 0. The van der Waals surface area contributed by atoms with Gasteiger partial charge in [0.05, 0.1) is 6.54 Å². The third-order valence-electron chi connectivity index (χ3n) is 4.31. The first kappa shape index (κ1) is 14.1. The van der Waals surface area contributed by atoms with Crippen molar-refractivity contribution in [3.8, 4) is 0 Å². The Kier molecular flexibility index (Phi) is 3.94. The van der Waals surface area contributed by atoms with E-state index in [1.54, 1.807) is 0 Å². The van der Waals surface area contributed by atoms with E-state index in [1.807, 2.05) is 13.1 Å². The molecule has 1 heterocycles. The van der Waals surface area contributed by atoms with Crippen molar-refractivity contribution in [2.24, 2.45) is 5.73 Å². The fourth-order valence-corrected chi connectivity index (χ4v) is 3.03. The van der Waals surface area contributed by atoms with Gasteiger partial charge in [-0.15, -0.1) is 0 Å². The van der Waals surface area contributed by atoms with Crippen molar-refractivity contribution in [3.05, 3.63) is 11.9 Å². The number of amides is 1. The van der Waals surface area contributed by atoms with Crippen molar-refractivity contribution in [1.29, 1.82) is 0 Å². The van der Waals surface area contributed by atoms with Crippen LogP contribution >= 0.6 is 0 Å². The molecule has 3 N–H and O–H groups in total. The molecule has 2 saturated carbocycles. The zero-order valence-electron chi connectivity index (χ0n) is 12.5. The number of hydrogen-bond donors (Lipinski definition) is 2. The minimum atomic E-state index is -0.306. The molecule has 2 aliphatic carbocycles. The average molecular weight is 289 g/mol. The molecule has 6 nitrogen and oxygen atoms in total. The Morgan fingerprint density at radius 3 is 2.62 bits per heavy atom. The van der Waals surface area contributed by atoms with Crippen molar-refractivity contribution in [1.82, 2.24) is 9.97 Å². The van der Waals surface area contributed by atoms with Gasteiger partial charge in [-0.25, -0.2) is 9.97 Å². The Balaban J connectivity index is 1.92. The predicted octanol–water partition coefficient (Wildman–Crippen LogP) is 1.63. The highest BCUT2D eigenvalue weighted by atomic mass is 16.1. The van der Waals surface area contributed by atoms with Gasteiger partial charge in [0.15, 0.2) is 0 Å². The van der Waals surface area contributed by atoms with Crippen LogP contribution in [0.1, 0.15) is 50.3 Å². The smallest absolute Gasteiger partial charge is 0.237 e. The minimum absolute atomic E-state index is 0.231. The maximum Gasteiger partial charge on any atom is 0.237 e. The lowest BCUT2D eigenvalue weighted by Crippen LogP contribution is -2.41. The van der Waals surface area contributed by atoms with Crippen molar-refractivity contribution in [2.45, 2.75) is 50.5 Å². The van der Waals surface area contributed by atoms with Gasteiger partial charge in [0.2, 0.25) is 5.91 Å². The van der Waals surface area contributed by atoms with Gasteiger partial charge in [-0.05, 0) is 25.7 Å². The molecule has 0 aliphatic heterocycles. The van der Waals surface area contributed by atoms with E-state index in [2.05, 4.69) is 15.2 Å². The fourth-order valence-electron chi connectivity index (χ4n) is 3.03. The number of nitrogens with two attached hydrogens (primary N) is 1. The molecule has 3 rings (SSSR count). The number of nitrogens with one attached hydrogen (secondary N) is 1. The van der Waals surface area contributed by atoms with Gasteiger partial charge in [-0.1, -0.05) is 12.8 Å². The van der Waals surface area contributed by atoms with E-state index < -0.39 is 0 Å². The molecule has 0 aromatic carbocycles. The van der Waals surface area contributed by atoms with Crippen LogP contribution in [0.15, 0.2) is 6.07 Å². The molecule has 21 heavy (non-hydrogen) atoms. The lowest BCUT2D eigenvalue weighted by atomic mass is 10.2. The zero-order chi connectivity index (χ0) is 14.8. The number of carbonyl (C=O) groups is 1. The van der Waals surface area contributed by atoms with Crippen LogP contribution in [-0.4, -0.2) is 35.5 Å². The molecular weight excluding hydrogens is 266 g/mol. The van der Waals surface area contributed by atoms with Gasteiger partial charge < -0.3 is 16.0 Å². The van der Waals surface area contributed by atoms with Crippen LogP contribution in [0.3, 0.4) is 0 Å². The van der Waals surface area contributed by atoms with Gasteiger partial charge in [-0.3, -0.25) is 4.79 Å². The van der Waals surface area contributed by atoms with E-state index in [0.717, 1.165) is 43.1 Å². The molecule has 0 atom stereocenters. The summed E-state index contributed by atoms with van der Waals surface area (Å²) in [4.78, 5) is 22.8. The SMILES string of the molecule is CNc1cc(N(CC(N)=O)C2CCCC2)nc(C2CC2)n1. The van der Waals surface area contributed by atoms with Crippen LogP contribution in [0.2, 0.25) is 0 Å². The topological polar surface area (TPSA) is 84.1 Å². The van der Waals surface area contributed by atoms with Gasteiger partial charge in [0, 0.05) is 25.1 Å².